The first-order valence-electron chi connectivity index (χ1n) is 1.53. The summed E-state index contributed by atoms with van der Waals surface area (Å²) in [6.45, 7) is 0. The van der Waals surface area contributed by atoms with Crippen molar-refractivity contribution in [3.05, 3.63) is 0 Å². The van der Waals surface area contributed by atoms with E-state index in [4.69, 9.17) is 46.2 Å². The highest BCUT2D eigenvalue weighted by molar-refractivity contribution is 7.87. The van der Waals surface area contributed by atoms with Crippen molar-refractivity contribution in [3.8, 4) is 0 Å². The van der Waals surface area contributed by atoms with Crippen LogP contribution >= 0.6 is 53.6 Å². The van der Waals surface area contributed by atoms with E-state index in [2.05, 4.69) is 4.84 Å². The van der Waals surface area contributed by atoms with Gasteiger partial charge in [-0.15, -0.1) is 0 Å². The Morgan fingerprint density at radius 3 is 2.00 bits per heavy atom. The number of hydrogen-bond donors (Lipinski definition) is 0. The van der Waals surface area contributed by atoms with E-state index in [0.717, 1.165) is 4.35 Å². The standard InChI is InChI=1S/CCl4NOP/c2-1(3)7-6(4)8(1)5. The van der Waals surface area contributed by atoms with Crippen molar-refractivity contribution in [1.82, 2.24) is 4.35 Å². The van der Waals surface area contributed by atoms with Crippen molar-refractivity contribution in [2.45, 2.75) is 4.26 Å². The van der Waals surface area contributed by atoms with E-state index in [0.29, 0.717) is 0 Å². The molecule has 2 nitrogen and oxygen atoms in total. The molecule has 48 valence electrons. The Morgan fingerprint density at radius 1 is 1.50 bits per heavy atom. The molecule has 0 radical (unpaired) electrons. The van der Waals surface area contributed by atoms with Crippen LogP contribution in [0.4, 0.5) is 0 Å². The highest BCUT2D eigenvalue weighted by Crippen LogP contribution is 2.72. The largest absolute Gasteiger partial charge is 0.287 e. The minimum atomic E-state index is -1.28. The number of nitrogens with zero attached hydrogens (tertiary/aromatic N) is 1. The summed E-state index contributed by atoms with van der Waals surface area (Å²) in [7, 11) is -1.24. The zero-order valence-corrected chi connectivity index (χ0v) is 7.23. The van der Waals surface area contributed by atoms with Crippen LogP contribution in [0.15, 0.2) is 0 Å². The summed E-state index contributed by atoms with van der Waals surface area (Å²) in [6, 6.07) is 0. The highest BCUT2D eigenvalue weighted by Gasteiger charge is 2.52. The van der Waals surface area contributed by atoms with Gasteiger partial charge in [-0.25, -0.2) is 4.84 Å². The minimum absolute atomic E-state index is 0.914. The molecule has 0 N–H and O–H groups in total. The van der Waals surface area contributed by atoms with Crippen molar-refractivity contribution in [2.75, 3.05) is 0 Å². The van der Waals surface area contributed by atoms with E-state index < -0.39 is 11.7 Å². The number of alkyl halides is 2. The topological polar surface area (TPSA) is 12.5 Å². The summed E-state index contributed by atoms with van der Waals surface area (Å²) < 4.78 is -0.366. The Labute approximate surface area is 67.2 Å². The summed E-state index contributed by atoms with van der Waals surface area (Å²) in [4.78, 5) is 4.47. The van der Waals surface area contributed by atoms with Gasteiger partial charge in [0.2, 0.25) is 0 Å². The van der Waals surface area contributed by atoms with Crippen LogP contribution in [-0.2, 0) is 4.84 Å². The highest BCUT2D eigenvalue weighted by atomic mass is 35.7. The van der Waals surface area contributed by atoms with E-state index in [1.165, 1.54) is 0 Å². The maximum atomic E-state index is 5.46. The monoisotopic (exact) mass is 213 g/mol. The zero-order valence-electron chi connectivity index (χ0n) is 3.31. The minimum Gasteiger partial charge on any atom is -0.231 e. The predicted octanol–water partition coefficient (Wildman–Crippen LogP) is 3.03. The fraction of sp³-hybridized carbons (Fsp3) is 1.00. The maximum Gasteiger partial charge on any atom is 0.287 e. The third kappa shape index (κ3) is 1.17. The number of halogens is 4. The van der Waals surface area contributed by atoms with Crippen LogP contribution in [0.2, 0.25) is 0 Å². The lowest BCUT2D eigenvalue weighted by molar-refractivity contribution is -0.0636. The lowest BCUT2D eigenvalue weighted by Gasteiger charge is -2.39. The molecule has 1 atom stereocenters. The van der Waals surface area contributed by atoms with Gasteiger partial charge in [0, 0.05) is 11.8 Å². The van der Waals surface area contributed by atoms with Gasteiger partial charge in [0.05, 0.1) is 0 Å². The molecule has 0 bridgehead atoms. The SMILES string of the molecule is ClN1OC(Cl)(Cl)P1Cl. The quantitative estimate of drug-likeness (QED) is 0.349. The van der Waals surface area contributed by atoms with Crippen molar-refractivity contribution < 1.29 is 4.84 Å². The predicted molar refractivity (Wildman–Crippen MR) is 36.0 cm³/mol. The summed E-state index contributed by atoms with van der Waals surface area (Å²) in [5, 5.41) is 0. The van der Waals surface area contributed by atoms with Gasteiger partial charge in [-0.05, 0) is 0 Å². The van der Waals surface area contributed by atoms with Crippen LogP contribution in [0.25, 0.3) is 0 Å². The van der Waals surface area contributed by atoms with Crippen molar-refractivity contribution in [3.63, 3.8) is 0 Å². The first-order valence-corrected chi connectivity index (χ1v) is 4.82. The molecule has 1 fully saturated rings. The van der Waals surface area contributed by atoms with E-state index in [1.54, 1.807) is 0 Å². The third-order valence-corrected chi connectivity index (χ3v) is 4.91. The average molecular weight is 215 g/mol. The molecule has 0 aliphatic carbocycles. The second-order valence-electron chi connectivity index (χ2n) is 1.06. The van der Waals surface area contributed by atoms with Gasteiger partial charge < -0.3 is 0 Å². The van der Waals surface area contributed by atoms with Crippen LogP contribution in [-0.4, -0.2) is 8.61 Å². The van der Waals surface area contributed by atoms with Gasteiger partial charge >= 0.3 is 0 Å². The van der Waals surface area contributed by atoms with Gasteiger partial charge in [0.25, 0.3) is 4.26 Å². The molecule has 0 aromatic rings. The fourth-order valence-electron chi connectivity index (χ4n) is 0.219. The summed E-state index contributed by atoms with van der Waals surface area (Å²) >= 11 is 21.4. The molecule has 1 saturated heterocycles. The molecule has 1 rings (SSSR count). The normalized spacial score (nSPS) is 36.8. The molecule has 0 aromatic carbocycles. The second-order valence-corrected chi connectivity index (χ2v) is 5.87. The Hall–Kier alpha value is 1.51. The van der Waals surface area contributed by atoms with Gasteiger partial charge in [-0.1, -0.05) is 38.8 Å². The Balaban J connectivity index is 2.47. The summed E-state index contributed by atoms with van der Waals surface area (Å²) in [6.07, 6.45) is 0. The van der Waals surface area contributed by atoms with Gasteiger partial charge in [0.1, 0.15) is 0 Å². The fourth-order valence-corrected chi connectivity index (χ4v) is 2.24. The Bertz CT molecular complexity index is 108. The molecule has 0 spiro atoms. The van der Waals surface area contributed by atoms with Gasteiger partial charge in [0.15, 0.2) is 7.43 Å². The molecule has 8 heavy (non-hydrogen) atoms. The first kappa shape index (κ1) is 7.62. The van der Waals surface area contributed by atoms with Crippen LogP contribution in [0.1, 0.15) is 0 Å². The molecule has 1 unspecified atom stereocenters. The lowest BCUT2D eigenvalue weighted by Crippen LogP contribution is -2.34. The molecule has 7 heteroatoms. The molecular weight excluding hydrogens is 215 g/mol. The first-order chi connectivity index (χ1) is 3.54. The van der Waals surface area contributed by atoms with Gasteiger partial charge in [-0.2, -0.15) is 0 Å². The van der Waals surface area contributed by atoms with Crippen LogP contribution in [0.3, 0.4) is 0 Å². The lowest BCUT2D eigenvalue weighted by atomic mass is 11.6. The Morgan fingerprint density at radius 2 is 2.00 bits per heavy atom. The molecule has 0 aromatic heterocycles. The van der Waals surface area contributed by atoms with Crippen molar-refractivity contribution >= 4 is 53.6 Å². The van der Waals surface area contributed by atoms with E-state index in [9.17, 15) is 0 Å². The smallest absolute Gasteiger partial charge is 0.231 e. The maximum absolute atomic E-state index is 5.46. The molecular formula is CCl4NOP. The summed E-state index contributed by atoms with van der Waals surface area (Å²) in [5.41, 5.74) is 0. The Kier molecular flexibility index (Phi) is 2.17. The van der Waals surface area contributed by atoms with E-state index in [-0.39, 0.29) is 0 Å². The van der Waals surface area contributed by atoms with Crippen LogP contribution in [0, 0.1) is 0 Å². The molecule has 1 aliphatic rings. The summed E-state index contributed by atoms with van der Waals surface area (Å²) in [5.74, 6) is 0. The van der Waals surface area contributed by atoms with E-state index in [1.807, 2.05) is 0 Å². The van der Waals surface area contributed by atoms with Crippen LogP contribution in [0.5, 0.6) is 0 Å². The van der Waals surface area contributed by atoms with Crippen molar-refractivity contribution in [2.24, 2.45) is 0 Å². The molecule has 0 saturated carbocycles. The number of rotatable bonds is 0. The van der Waals surface area contributed by atoms with Gasteiger partial charge in [-0.3, -0.25) is 0 Å². The molecule has 1 heterocycles. The molecule has 0 amide bonds. The number of hydrogen-bond acceptors (Lipinski definition) is 2. The second kappa shape index (κ2) is 2.28. The average Bonchev–Trinajstić information content (AvgIpc) is 1.65. The van der Waals surface area contributed by atoms with Crippen molar-refractivity contribution in [1.29, 1.82) is 0 Å². The third-order valence-electron chi connectivity index (χ3n) is 0.538. The van der Waals surface area contributed by atoms with E-state index >= 15 is 0 Å². The zero-order chi connectivity index (χ0) is 6.36. The molecule has 1 aliphatic heterocycles. The van der Waals surface area contributed by atoms with Crippen LogP contribution < -0.4 is 0 Å².